The maximum atomic E-state index is 11.3. The molecule has 34 heavy (non-hydrogen) atoms. The van der Waals surface area contributed by atoms with E-state index in [0.717, 1.165) is 50.0 Å². The zero-order chi connectivity index (χ0) is 24.1. The van der Waals surface area contributed by atoms with Crippen molar-refractivity contribution in [2.45, 2.75) is 71.6 Å². The van der Waals surface area contributed by atoms with E-state index in [4.69, 9.17) is 9.47 Å². The molecule has 0 unspecified atom stereocenters. The summed E-state index contributed by atoms with van der Waals surface area (Å²) in [6.07, 6.45) is 6.35. The number of carbonyl (C=O) groups excluding carboxylic acids is 1. The fraction of sp³-hybridized carbons (Fsp3) is 0.577. The van der Waals surface area contributed by atoms with E-state index in [1.807, 2.05) is 6.92 Å². The average Bonchev–Trinajstić information content (AvgIpc) is 2.80. The van der Waals surface area contributed by atoms with E-state index in [9.17, 15) is 4.79 Å². The maximum Gasteiger partial charge on any atom is 0.230 e. The molecular weight excluding hydrogens is 430 g/mol. The minimum Gasteiger partial charge on any atom is -0.477 e. The van der Waals surface area contributed by atoms with Gasteiger partial charge in [-0.25, -0.2) is 4.98 Å². The van der Waals surface area contributed by atoms with Crippen molar-refractivity contribution < 1.29 is 14.3 Å². The summed E-state index contributed by atoms with van der Waals surface area (Å²) in [5.41, 5.74) is 3.04. The van der Waals surface area contributed by atoms with E-state index in [0.29, 0.717) is 30.4 Å². The molecule has 8 nitrogen and oxygen atoms in total. The maximum absolute atomic E-state index is 11.3. The number of nitrogens with one attached hydrogen (secondary N) is 2. The van der Waals surface area contributed by atoms with Crippen LogP contribution in [0.4, 0.5) is 17.3 Å². The monoisotopic (exact) mass is 467 g/mol. The lowest BCUT2D eigenvalue weighted by Crippen LogP contribution is -2.45. The van der Waals surface area contributed by atoms with E-state index in [1.165, 1.54) is 5.69 Å². The second-order valence-electron chi connectivity index (χ2n) is 9.75. The van der Waals surface area contributed by atoms with Gasteiger partial charge in [-0.3, -0.25) is 4.79 Å². The molecule has 0 bridgehead atoms. The smallest absolute Gasteiger partial charge is 0.230 e. The standard InChI is InChI=1S/C26H37N5O3/c1-17-13-27-26(30-25(17)33-16-21-5-7-22(8-6-21)28-20(4)32)29-23-9-11-24(12-10-23)31-14-18(2)34-19(3)15-31/h9-13,18-19,21-22H,5-8,14-16H2,1-4H3,(H,28,32)(H,27,29,30)/t18-,19+,21-,22-. The molecule has 1 aliphatic carbocycles. The molecule has 1 amide bonds. The third kappa shape index (κ3) is 6.59. The first kappa shape index (κ1) is 24.3. The second-order valence-corrected chi connectivity index (χ2v) is 9.75. The summed E-state index contributed by atoms with van der Waals surface area (Å²) >= 11 is 0. The molecule has 1 aromatic carbocycles. The van der Waals surface area contributed by atoms with Crippen molar-refractivity contribution in [2.24, 2.45) is 5.92 Å². The van der Waals surface area contributed by atoms with E-state index in [1.54, 1.807) is 13.1 Å². The molecule has 8 heteroatoms. The minimum atomic E-state index is 0.0521. The predicted molar refractivity (Wildman–Crippen MR) is 134 cm³/mol. The molecular formula is C26H37N5O3. The van der Waals surface area contributed by atoms with Crippen molar-refractivity contribution in [1.29, 1.82) is 0 Å². The van der Waals surface area contributed by atoms with Gasteiger partial charge in [-0.2, -0.15) is 4.98 Å². The summed E-state index contributed by atoms with van der Waals surface area (Å²) in [6.45, 7) is 10.2. The molecule has 0 radical (unpaired) electrons. The fourth-order valence-corrected chi connectivity index (χ4v) is 4.86. The number of aromatic nitrogens is 2. The Morgan fingerprint density at radius 3 is 2.44 bits per heavy atom. The summed E-state index contributed by atoms with van der Waals surface area (Å²) in [5, 5.41) is 6.32. The Labute approximate surface area is 202 Å². The lowest BCUT2D eigenvalue weighted by Gasteiger charge is -2.36. The number of amides is 1. The zero-order valence-electron chi connectivity index (χ0n) is 20.7. The summed E-state index contributed by atoms with van der Waals surface area (Å²) in [4.78, 5) is 22.7. The van der Waals surface area contributed by atoms with E-state index in [-0.39, 0.29) is 18.1 Å². The van der Waals surface area contributed by atoms with Crippen molar-refractivity contribution in [3.63, 3.8) is 0 Å². The first-order valence-corrected chi connectivity index (χ1v) is 12.4. The second kappa shape index (κ2) is 11.0. The third-order valence-electron chi connectivity index (χ3n) is 6.54. The van der Waals surface area contributed by atoms with Crippen molar-refractivity contribution in [3.8, 4) is 5.88 Å². The van der Waals surface area contributed by atoms with Gasteiger partial charge in [-0.1, -0.05) is 0 Å². The van der Waals surface area contributed by atoms with Crippen LogP contribution in [-0.2, 0) is 9.53 Å². The number of hydrogen-bond donors (Lipinski definition) is 2. The van der Waals surface area contributed by atoms with Gasteiger partial charge in [-0.05, 0) is 76.6 Å². The van der Waals surface area contributed by atoms with Gasteiger partial charge in [0.1, 0.15) is 0 Å². The number of ether oxygens (including phenoxy) is 2. The van der Waals surface area contributed by atoms with Gasteiger partial charge >= 0.3 is 0 Å². The summed E-state index contributed by atoms with van der Waals surface area (Å²) < 4.78 is 11.9. The van der Waals surface area contributed by atoms with Crippen LogP contribution in [0.2, 0.25) is 0 Å². The van der Waals surface area contributed by atoms with Gasteiger partial charge in [0.05, 0.1) is 18.8 Å². The molecule has 1 saturated heterocycles. The molecule has 2 aromatic rings. The Kier molecular flexibility index (Phi) is 7.88. The molecule has 2 heterocycles. The first-order valence-electron chi connectivity index (χ1n) is 12.4. The Morgan fingerprint density at radius 1 is 1.12 bits per heavy atom. The van der Waals surface area contributed by atoms with Gasteiger partial charge in [0, 0.05) is 49.2 Å². The van der Waals surface area contributed by atoms with Gasteiger partial charge in [0.2, 0.25) is 17.7 Å². The molecule has 2 N–H and O–H groups in total. The Hall–Kier alpha value is -2.87. The molecule has 4 rings (SSSR count). The number of morpholine rings is 1. The van der Waals surface area contributed by atoms with Gasteiger partial charge in [-0.15, -0.1) is 0 Å². The number of aryl methyl sites for hydroxylation is 1. The third-order valence-corrected chi connectivity index (χ3v) is 6.54. The number of nitrogens with zero attached hydrogens (tertiary/aromatic N) is 3. The van der Waals surface area contributed by atoms with Crippen LogP contribution in [-0.4, -0.2) is 53.8 Å². The zero-order valence-corrected chi connectivity index (χ0v) is 20.7. The normalized spacial score (nSPS) is 25.0. The Morgan fingerprint density at radius 2 is 1.79 bits per heavy atom. The quantitative estimate of drug-likeness (QED) is 0.630. The fourth-order valence-electron chi connectivity index (χ4n) is 4.86. The topological polar surface area (TPSA) is 88.6 Å². The first-order chi connectivity index (χ1) is 16.4. The average molecular weight is 468 g/mol. The van der Waals surface area contributed by atoms with E-state index >= 15 is 0 Å². The highest BCUT2D eigenvalue weighted by molar-refractivity contribution is 5.73. The summed E-state index contributed by atoms with van der Waals surface area (Å²) in [5.74, 6) is 1.68. The number of rotatable bonds is 7. The van der Waals surface area contributed by atoms with Crippen molar-refractivity contribution in [1.82, 2.24) is 15.3 Å². The van der Waals surface area contributed by atoms with E-state index in [2.05, 4.69) is 63.6 Å². The highest BCUT2D eigenvalue weighted by atomic mass is 16.5. The number of anilines is 3. The SMILES string of the molecule is CC(=O)N[C@H]1CC[C@H](COc2nc(Nc3ccc(N4C[C@@H](C)O[C@@H](C)C4)cc3)ncc2C)CC1. The molecule has 184 valence electrons. The lowest BCUT2D eigenvalue weighted by molar-refractivity contribution is -0.119. The van der Waals surface area contributed by atoms with E-state index < -0.39 is 0 Å². The molecule has 2 fully saturated rings. The molecule has 1 saturated carbocycles. The Bertz CT molecular complexity index is 949. The highest BCUT2D eigenvalue weighted by Crippen LogP contribution is 2.27. The van der Waals surface area contributed by atoms with Crippen LogP contribution in [0, 0.1) is 12.8 Å². The van der Waals surface area contributed by atoms with Crippen LogP contribution < -0.4 is 20.3 Å². The Balaban J connectivity index is 1.31. The van der Waals surface area contributed by atoms with Crippen LogP contribution in [0.1, 0.15) is 52.0 Å². The molecule has 1 aliphatic heterocycles. The summed E-state index contributed by atoms with van der Waals surface area (Å²) in [6, 6.07) is 8.65. The van der Waals surface area contributed by atoms with Gasteiger partial charge in [0.15, 0.2) is 0 Å². The summed E-state index contributed by atoms with van der Waals surface area (Å²) in [7, 11) is 0. The number of benzene rings is 1. The molecule has 2 atom stereocenters. The van der Waals surface area contributed by atoms with Crippen molar-refractivity contribution in [3.05, 3.63) is 36.0 Å². The van der Waals surface area contributed by atoms with Crippen LogP contribution >= 0.6 is 0 Å². The number of hydrogen-bond acceptors (Lipinski definition) is 7. The van der Waals surface area contributed by atoms with Gasteiger partial charge in [0.25, 0.3) is 0 Å². The van der Waals surface area contributed by atoms with Crippen LogP contribution in [0.25, 0.3) is 0 Å². The van der Waals surface area contributed by atoms with Crippen LogP contribution in [0.15, 0.2) is 30.5 Å². The number of carbonyl (C=O) groups is 1. The predicted octanol–water partition coefficient (Wildman–Crippen LogP) is 4.22. The van der Waals surface area contributed by atoms with Crippen molar-refractivity contribution >= 4 is 23.2 Å². The largest absolute Gasteiger partial charge is 0.477 e. The minimum absolute atomic E-state index is 0.0521. The highest BCUT2D eigenvalue weighted by Gasteiger charge is 2.23. The molecule has 0 spiro atoms. The molecule has 2 aliphatic rings. The van der Waals surface area contributed by atoms with Gasteiger partial charge < -0.3 is 25.0 Å². The van der Waals surface area contributed by atoms with Crippen LogP contribution in [0.5, 0.6) is 5.88 Å². The lowest BCUT2D eigenvalue weighted by atomic mass is 9.86. The molecule has 1 aromatic heterocycles. The van der Waals surface area contributed by atoms with Crippen LogP contribution in [0.3, 0.4) is 0 Å². The van der Waals surface area contributed by atoms with Crippen molar-refractivity contribution in [2.75, 3.05) is 29.9 Å².